The summed E-state index contributed by atoms with van der Waals surface area (Å²) in [4.78, 5) is 42.1. The van der Waals surface area contributed by atoms with Crippen LogP contribution in [0.15, 0.2) is 24.3 Å². The molecular weight excluding hydrogens is 537 g/mol. The van der Waals surface area contributed by atoms with Crippen LogP contribution >= 0.6 is 0 Å². The van der Waals surface area contributed by atoms with E-state index in [1.807, 2.05) is 0 Å². The average Bonchev–Trinajstić information content (AvgIpc) is 2.92. The third-order valence-electron chi connectivity index (χ3n) is 6.20. The van der Waals surface area contributed by atoms with Crippen molar-refractivity contribution in [2.24, 2.45) is 0 Å². The van der Waals surface area contributed by atoms with E-state index in [0.29, 0.717) is 25.4 Å². The van der Waals surface area contributed by atoms with Gasteiger partial charge in [0, 0.05) is 12.2 Å². The maximum Gasteiger partial charge on any atom is 2.00 e. The van der Waals surface area contributed by atoms with Crippen LogP contribution in [0.1, 0.15) is 142 Å². The Labute approximate surface area is 264 Å². The number of ether oxygens (including phenoxy) is 2. The van der Waals surface area contributed by atoms with Gasteiger partial charge < -0.3 is 29.3 Å². The smallest absolute Gasteiger partial charge is 0.545 e. The number of carbonyl (C=O) groups excluding carboxylic acids is 4. The fourth-order valence-electron chi connectivity index (χ4n) is 3.89. The van der Waals surface area contributed by atoms with Gasteiger partial charge in [-0.25, -0.2) is 9.59 Å². The molecule has 0 aromatic heterocycles. The number of carboxylic acid groups (broad SMARTS) is 2. The second-order valence-electron chi connectivity index (χ2n) is 10.0. The number of esters is 2. The average molecular weight is 591 g/mol. The number of carboxylic acids is 2. The molecule has 0 radical (unpaired) electrons. The van der Waals surface area contributed by atoms with Gasteiger partial charge in [0.1, 0.15) is 0 Å². The Morgan fingerprint density at radius 3 is 0.927 bits per heavy atom. The number of hydrogen-bond donors (Lipinski definition) is 0. The van der Waals surface area contributed by atoms with Crippen molar-refractivity contribution in [1.29, 1.82) is 0 Å². The van der Waals surface area contributed by atoms with E-state index in [0.717, 1.165) is 37.8 Å². The molecule has 0 spiro atoms. The van der Waals surface area contributed by atoms with Gasteiger partial charge in [-0.15, -0.1) is 0 Å². The Morgan fingerprint density at radius 2 is 0.683 bits per heavy atom. The van der Waals surface area contributed by atoms with E-state index < -0.39 is 23.9 Å². The van der Waals surface area contributed by atoms with Gasteiger partial charge in [-0.05, 0) is 25.0 Å². The van der Waals surface area contributed by atoms with E-state index in [1.54, 1.807) is 0 Å². The molecule has 0 atom stereocenters. The Bertz CT molecular complexity index is 633. The largest absolute Gasteiger partial charge is 2.00 e. The fourth-order valence-corrected chi connectivity index (χ4v) is 3.89. The molecule has 0 bridgehead atoms. The monoisotopic (exact) mass is 590 g/mol. The van der Waals surface area contributed by atoms with E-state index >= 15 is 0 Å². The summed E-state index contributed by atoms with van der Waals surface area (Å²) in [5.41, 5.74) is 0. The first-order valence-corrected chi connectivity index (χ1v) is 15.4. The van der Waals surface area contributed by atoms with E-state index in [2.05, 4.69) is 13.8 Å². The van der Waals surface area contributed by atoms with Crippen LogP contribution in [0.4, 0.5) is 0 Å². The number of aliphatic carboxylic acids is 2. The maximum atomic E-state index is 11.0. The molecule has 0 rings (SSSR count). The predicted molar refractivity (Wildman–Crippen MR) is 160 cm³/mol. The molecule has 0 aromatic rings. The first kappa shape index (κ1) is 43.6. The summed E-state index contributed by atoms with van der Waals surface area (Å²) >= 11 is 0. The van der Waals surface area contributed by atoms with Crippen molar-refractivity contribution in [2.75, 3.05) is 13.2 Å². The summed E-state index contributed by atoms with van der Waals surface area (Å²) in [6.45, 7) is 5.15. The molecule has 0 heterocycles. The summed E-state index contributed by atoms with van der Waals surface area (Å²) in [5.74, 6) is -4.02. The molecule has 8 nitrogen and oxygen atoms in total. The van der Waals surface area contributed by atoms with Crippen molar-refractivity contribution < 1.29 is 38.9 Å². The van der Waals surface area contributed by atoms with E-state index in [-0.39, 0.29) is 23.1 Å². The number of hydrogen-bond acceptors (Lipinski definition) is 8. The first-order chi connectivity index (χ1) is 19.3. The first-order valence-electron chi connectivity index (χ1n) is 15.4. The zero-order chi connectivity index (χ0) is 30.1. The third kappa shape index (κ3) is 42.7. The van der Waals surface area contributed by atoms with Crippen molar-refractivity contribution >= 4 is 46.9 Å². The normalized spacial score (nSPS) is 10.6. The molecule has 0 unspecified atom stereocenters. The Balaban J connectivity index is -0.000000688. The van der Waals surface area contributed by atoms with Gasteiger partial charge in [0.2, 0.25) is 0 Å². The minimum Gasteiger partial charge on any atom is -0.545 e. The van der Waals surface area contributed by atoms with Crippen molar-refractivity contribution in [3.63, 3.8) is 0 Å². The van der Waals surface area contributed by atoms with Crippen molar-refractivity contribution in [2.45, 2.75) is 142 Å². The molecule has 0 amide bonds. The van der Waals surface area contributed by atoms with Crippen LogP contribution in [0.25, 0.3) is 0 Å². The van der Waals surface area contributed by atoms with Crippen LogP contribution < -0.4 is 10.2 Å². The van der Waals surface area contributed by atoms with Crippen LogP contribution in [0.5, 0.6) is 0 Å². The Kier molecular flexibility index (Phi) is 38.4. The van der Waals surface area contributed by atoms with Gasteiger partial charge in [-0.2, -0.15) is 0 Å². The topological polar surface area (TPSA) is 133 Å². The van der Waals surface area contributed by atoms with Gasteiger partial charge in [0.15, 0.2) is 0 Å². The summed E-state index contributed by atoms with van der Waals surface area (Å²) in [6.07, 6.45) is 27.6. The van der Waals surface area contributed by atoms with Gasteiger partial charge in [0.25, 0.3) is 0 Å². The standard InChI is InChI=1S/2C16H28O4.Mg/c2*1-2-3-4-5-6-7-8-9-10-11-14-20-16(19)13-12-15(17)18;/h2*12-13H,2-11,14H2,1H3,(H,17,18);/q;;+2/p-2. The number of rotatable bonds is 26. The molecule has 0 saturated carbocycles. The molecule has 9 heteroatoms. The van der Waals surface area contributed by atoms with E-state index in [4.69, 9.17) is 9.47 Å². The van der Waals surface area contributed by atoms with E-state index in [9.17, 15) is 29.4 Å². The van der Waals surface area contributed by atoms with E-state index in [1.165, 1.54) is 103 Å². The predicted octanol–water partition coefficient (Wildman–Crippen LogP) is 5.13. The molecule has 0 aliphatic rings. The minimum atomic E-state index is -1.39. The maximum absolute atomic E-state index is 11.0. The molecule has 0 fully saturated rings. The van der Waals surface area contributed by atoms with Gasteiger partial charge in [-0.1, -0.05) is 129 Å². The van der Waals surface area contributed by atoms with Gasteiger partial charge in [0.05, 0.1) is 25.2 Å². The molecule has 0 saturated heterocycles. The third-order valence-corrected chi connectivity index (χ3v) is 6.20. The zero-order valence-electron chi connectivity index (χ0n) is 25.8. The Hall–Kier alpha value is -1.87. The van der Waals surface area contributed by atoms with Crippen LogP contribution in [0.3, 0.4) is 0 Å². The molecular formula is C32H54MgO8. The molecule has 0 aromatic carbocycles. The summed E-state index contributed by atoms with van der Waals surface area (Å²) in [5, 5.41) is 20.1. The fraction of sp³-hybridized carbons (Fsp3) is 0.750. The van der Waals surface area contributed by atoms with Gasteiger partial charge in [-0.3, -0.25) is 0 Å². The summed E-state index contributed by atoms with van der Waals surface area (Å²) in [7, 11) is 0. The quantitative estimate of drug-likeness (QED) is 0.0586. The molecule has 0 N–H and O–H groups in total. The Morgan fingerprint density at radius 1 is 0.439 bits per heavy atom. The van der Waals surface area contributed by atoms with Crippen LogP contribution in [-0.2, 0) is 28.7 Å². The van der Waals surface area contributed by atoms with Crippen molar-refractivity contribution in [3.05, 3.63) is 24.3 Å². The van der Waals surface area contributed by atoms with Crippen molar-refractivity contribution in [1.82, 2.24) is 0 Å². The molecule has 41 heavy (non-hydrogen) atoms. The molecule has 0 aliphatic carbocycles. The SMILES string of the molecule is CCCCCCCCCCCCOC(=O)C=CC(=O)[O-].CCCCCCCCCCCCOC(=O)C=CC(=O)[O-].[Mg+2]. The van der Waals surface area contributed by atoms with Gasteiger partial charge >= 0.3 is 35.0 Å². The van der Waals surface area contributed by atoms with Crippen molar-refractivity contribution in [3.8, 4) is 0 Å². The van der Waals surface area contributed by atoms with Crippen LogP contribution in [0, 0.1) is 0 Å². The minimum absolute atomic E-state index is 0. The van der Waals surface area contributed by atoms with Crippen LogP contribution in [0.2, 0.25) is 0 Å². The number of carbonyl (C=O) groups is 4. The summed E-state index contributed by atoms with van der Waals surface area (Å²) < 4.78 is 9.70. The van der Waals surface area contributed by atoms with Crippen LogP contribution in [-0.4, -0.2) is 60.1 Å². The second-order valence-corrected chi connectivity index (χ2v) is 10.0. The molecule has 0 aliphatic heterocycles. The second kappa shape index (κ2) is 36.2. The summed E-state index contributed by atoms with van der Waals surface area (Å²) in [6, 6.07) is 0. The molecule has 232 valence electrons. The zero-order valence-corrected chi connectivity index (χ0v) is 27.3. The number of unbranched alkanes of at least 4 members (excludes halogenated alkanes) is 18.